The van der Waals surface area contributed by atoms with E-state index >= 15 is 0 Å². The van der Waals surface area contributed by atoms with Crippen LogP contribution in [0.1, 0.15) is 20.8 Å². The van der Waals surface area contributed by atoms with Gasteiger partial charge in [-0.3, -0.25) is 9.48 Å². The Morgan fingerprint density at radius 3 is 2.42 bits per heavy atom. The normalized spacial score (nSPS) is 18.3. The maximum Gasteiger partial charge on any atom is 0.354 e. The molecule has 1 aromatic rings. The summed E-state index contributed by atoms with van der Waals surface area (Å²) < 4.78 is 23.7. The number of carboxylic acids is 1. The molecule has 1 saturated heterocycles. The number of carboxylic acid groups (broad SMARTS) is 1. The fourth-order valence-corrected chi connectivity index (χ4v) is 3.13. The van der Waals surface area contributed by atoms with E-state index in [4.69, 9.17) is 5.11 Å². The maximum absolute atomic E-state index is 12.2. The van der Waals surface area contributed by atoms with E-state index in [2.05, 4.69) is 5.10 Å². The van der Waals surface area contributed by atoms with Crippen LogP contribution in [0.4, 0.5) is 0 Å². The van der Waals surface area contributed by atoms with Crippen LogP contribution in [0.25, 0.3) is 0 Å². The largest absolute Gasteiger partial charge is 0.477 e. The number of carbonyl (C=O) groups is 2. The van der Waals surface area contributed by atoms with Crippen LogP contribution in [0, 0.1) is 0 Å². The van der Waals surface area contributed by atoms with Crippen molar-refractivity contribution in [2.45, 2.75) is 0 Å². The third-order valence-electron chi connectivity index (χ3n) is 3.00. The molecule has 0 radical (unpaired) electrons. The summed E-state index contributed by atoms with van der Waals surface area (Å²) in [7, 11) is -1.65. The number of nitrogens with zero attached hydrogens (tertiary/aromatic N) is 3. The van der Waals surface area contributed by atoms with Crippen molar-refractivity contribution in [1.29, 1.82) is 0 Å². The number of amides is 1. The number of hydrogen-bond donors (Lipinski definition) is 1. The zero-order valence-electron chi connectivity index (χ0n) is 10.2. The SMILES string of the molecule is Cn1ncc(C(=O)N2CCS(=O)(=O)CC2)c1C(=O)O. The highest BCUT2D eigenvalue weighted by Gasteiger charge is 2.29. The molecule has 0 unspecified atom stereocenters. The van der Waals surface area contributed by atoms with Gasteiger partial charge in [-0.1, -0.05) is 0 Å². The van der Waals surface area contributed by atoms with Crippen molar-refractivity contribution >= 4 is 21.7 Å². The number of aromatic carboxylic acids is 1. The van der Waals surface area contributed by atoms with E-state index in [9.17, 15) is 18.0 Å². The lowest BCUT2D eigenvalue weighted by molar-refractivity contribution is 0.0667. The zero-order valence-corrected chi connectivity index (χ0v) is 11.1. The summed E-state index contributed by atoms with van der Waals surface area (Å²) >= 11 is 0. The molecule has 1 aliphatic heterocycles. The third-order valence-corrected chi connectivity index (χ3v) is 4.61. The minimum Gasteiger partial charge on any atom is -0.477 e. The summed E-state index contributed by atoms with van der Waals surface area (Å²) in [6.07, 6.45) is 1.19. The maximum atomic E-state index is 12.2. The Labute approximate surface area is 109 Å². The third kappa shape index (κ3) is 2.60. The predicted molar refractivity (Wildman–Crippen MR) is 64.7 cm³/mol. The molecule has 8 nitrogen and oxygen atoms in total. The molecule has 2 heterocycles. The van der Waals surface area contributed by atoms with Crippen molar-refractivity contribution < 1.29 is 23.1 Å². The van der Waals surface area contributed by atoms with Crippen LogP contribution in [-0.2, 0) is 16.9 Å². The lowest BCUT2D eigenvalue weighted by Crippen LogP contribution is -2.44. The molecule has 19 heavy (non-hydrogen) atoms. The van der Waals surface area contributed by atoms with Crippen LogP contribution in [0.15, 0.2) is 6.20 Å². The molecule has 0 aliphatic carbocycles. The first-order valence-electron chi connectivity index (χ1n) is 5.57. The molecule has 1 N–H and O–H groups in total. The molecular formula is C10H13N3O5S. The van der Waals surface area contributed by atoms with Crippen molar-refractivity contribution in [3.8, 4) is 0 Å². The lowest BCUT2D eigenvalue weighted by atomic mass is 10.2. The second-order valence-electron chi connectivity index (χ2n) is 4.28. The number of sulfone groups is 1. The van der Waals surface area contributed by atoms with Crippen molar-refractivity contribution in [2.75, 3.05) is 24.6 Å². The predicted octanol–water partition coefficient (Wildman–Crippen LogP) is -1.01. The highest BCUT2D eigenvalue weighted by atomic mass is 32.2. The second kappa shape index (κ2) is 4.65. The summed E-state index contributed by atoms with van der Waals surface area (Å²) in [5, 5.41) is 12.8. The van der Waals surface area contributed by atoms with Gasteiger partial charge in [-0.15, -0.1) is 0 Å². The van der Waals surface area contributed by atoms with Gasteiger partial charge in [0.1, 0.15) is 0 Å². The first kappa shape index (κ1) is 13.5. The number of carbonyl (C=O) groups excluding carboxylic acids is 1. The first-order chi connectivity index (χ1) is 8.82. The van der Waals surface area contributed by atoms with Crippen LogP contribution >= 0.6 is 0 Å². The minimum absolute atomic E-state index is 0.0192. The molecule has 0 saturated carbocycles. The Bertz CT molecular complexity index is 620. The molecule has 0 spiro atoms. The van der Waals surface area contributed by atoms with Gasteiger partial charge in [0, 0.05) is 20.1 Å². The van der Waals surface area contributed by atoms with E-state index in [1.807, 2.05) is 0 Å². The van der Waals surface area contributed by atoms with Crippen LogP contribution in [-0.4, -0.2) is 64.7 Å². The number of aryl methyl sites for hydroxylation is 1. The fourth-order valence-electron chi connectivity index (χ4n) is 1.93. The Balaban J connectivity index is 2.24. The molecule has 0 bridgehead atoms. The standard InChI is InChI=1S/C10H13N3O5S/c1-12-8(10(15)16)7(6-11-12)9(14)13-2-4-19(17,18)5-3-13/h6H,2-5H2,1H3,(H,15,16). The monoisotopic (exact) mass is 287 g/mol. The number of rotatable bonds is 2. The van der Waals surface area contributed by atoms with Gasteiger partial charge >= 0.3 is 5.97 Å². The van der Waals surface area contributed by atoms with Crippen molar-refractivity contribution in [2.24, 2.45) is 7.05 Å². The van der Waals surface area contributed by atoms with Crippen LogP contribution < -0.4 is 0 Å². The molecule has 1 aromatic heterocycles. The molecule has 1 amide bonds. The smallest absolute Gasteiger partial charge is 0.354 e. The minimum atomic E-state index is -3.08. The van der Waals surface area contributed by atoms with Gasteiger partial charge in [0.2, 0.25) is 0 Å². The van der Waals surface area contributed by atoms with E-state index < -0.39 is 21.7 Å². The van der Waals surface area contributed by atoms with Gasteiger partial charge in [-0.25, -0.2) is 13.2 Å². The van der Waals surface area contributed by atoms with E-state index in [-0.39, 0.29) is 35.9 Å². The Kier molecular flexibility index (Phi) is 3.31. The van der Waals surface area contributed by atoms with E-state index in [0.717, 1.165) is 4.68 Å². The van der Waals surface area contributed by atoms with Crippen LogP contribution in [0.3, 0.4) is 0 Å². The topological polar surface area (TPSA) is 110 Å². The van der Waals surface area contributed by atoms with Crippen LogP contribution in [0.2, 0.25) is 0 Å². The summed E-state index contributed by atoms with van der Waals surface area (Å²) in [6, 6.07) is 0. The van der Waals surface area contributed by atoms with Gasteiger partial charge in [0.05, 0.1) is 23.3 Å². The second-order valence-corrected chi connectivity index (χ2v) is 6.58. The van der Waals surface area contributed by atoms with E-state index in [0.29, 0.717) is 0 Å². The van der Waals surface area contributed by atoms with E-state index in [1.165, 1.54) is 18.1 Å². The van der Waals surface area contributed by atoms with Crippen LogP contribution in [0.5, 0.6) is 0 Å². The molecule has 2 rings (SSSR count). The molecule has 0 atom stereocenters. The lowest BCUT2D eigenvalue weighted by Gasteiger charge is -2.26. The van der Waals surface area contributed by atoms with Gasteiger partial charge in [0.25, 0.3) is 5.91 Å². The highest BCUT2D eigenvalue weighted by Crippen LogP contribution is 2.13. The molecular weight excluding hydrogens is 274 g/mol. The summed E-state index contributed by atoms with van der Waals surface area (Å²) in [6.45, 7) is 0.157. The van der Waals surface area contributed by atoms with Crippen molar-refractivity contribution in [3.63, 3.8) is 0 Å². The average Bonchev–Trinajstić information content (AvgIpc) is 2.70. The van der Waals surface area contributed by atoms with Gasteiger partial charge in [-0.2, -0.15) is 5.10 Å². The van der Waals surface area contributed by atoms with Gasteiger partial charge < -0.3 is 10.0 Å². The Hall–Kier alpha value is -1.90. The number of aromatic nitrogens is 2. The van der Waals surface area contributed by atoms with E-state index in [1.54, 1.807) is 0 Å². The molecule has 104 valence electrons. The molecule has 0 aromatic carbocycles. The number of hydrogen-bond acceptors (Lipinski definition) is 5. The average molecular weight is 287 g/mol. The van der Waals surface area contributed by atoms with Gasteiger partial charge in [-0.05, 0) is 0 Å². The zero-order chi connectivity index (χ0) is 14.2. The molecule has 1 fully saturated rings. The Morgan fingerprint density at radius 1 is 1.32 bits per heavy atom. The van der Waals surface area contributed by atoms with Gasteiger partial charge in [0.15, 0.2) is 15.5 Å². The van der Waals surface area contributed by atoms with Crippen molar-refractivity contribution in [3.05, 3.63) is 17.5 Å². The first-order valence-corrected chi connectivity index (χ1v) is 7.39. The fraction of sp³-hybridized carbons (Fsp3) is 0.500. The van der Waals surface area contributed by atoms with Crippen molar-refractivity contribution in [1.82, 2.24) is 14.7 Å². The summed E-state index contributed by atoms with van der Waals surface area (Å²) in [5.41, 5.74) is -0.215. The quantitative estimate of drug-likeness (QED) is 0.746. The Morgan fingerprint density at radius 2 is 1.89 bits per heavy atom. The summed E-state index contributed by atoms with van der Waals surface area (Å²) in [4.78, 5) is 24.6. The summed E-state index contributed by atoms with van der Waals surface area (Å²) in [5.74, 6) is -1.93. The molecule has 1 aliphatic rings. The highest BCUT2D eigenvalue weighted by molar-refractivity contribution is 7.91. The molecule has 9 heteroatoms.